The quantitative estimate of drug-likeness (QED) is 0.668. The molecule has 0 aliphatic carbocycles. The maximum atomic E-state index is 11.9. The summed E-state index contributed by atoms with van der Waals surface area (Å²) in [6, 6.07) is 15.8. The van der Waals surface area contributed by atoms with Crippen LogP contribution in [0.4, 0.5) is 0 Å². The molecule has 0 aliphatic rings. The van der Waals surface area contributed by atoms with Gasteiger partial charge in [-0.05, 0) is 16.7 Å². The number of hydrogen-bond acceptors (Lipinski definition) is 3. The lowest BCUT2D eigenvalue weighted by Gasteiger charge is -2.12. The van der Waals surface area contributed by atoms with Gasteiger partial charge in [0.05, 0.1) is 6.42 Å². The van der Waals surface area contributed by atoms with Gasteiger partial charge in [0.1, 0.15) is 0 Å². The number of nitrogens with one attached hydrogen (secondary N) is 1. The van der Waals surface area contributed by atoms with E-state index in [-0.39, 0.29) is 6.42 Å². The highest BCUT2D eigenvalue weighted by Crippen LogP contribution is 2.19. The molecule has 0 bridgehead atoms. The molecule has 0 spiro atoms. The Morgan fingerprint density at radius 3 is 1.87 bits per heavy atom. The normalized spacial score (nSPS) is 10.3. The van der Waals surface area contributed by atoms with Crippen LogP contribution in [0.1, 0.15) is 5.56 Å². The standard InChI is InChI=1S/C17H17N3O3/c18-16(22)15(17(19)23)20-14(21)10-11-6-8-13(9-7-11)12-4-2-1-3-5-12/h1-9,15H,10H2,(H2,18,22)(H2,19,23)(H,20,21). The number of amides is 3. The van der Waals surface area contributed by atoms with Crippen LogP contribution in [0, 0.1) is 0 Å². The second kappa shape index (κ2) is 7.22. The molecule has 0 atom stereocenters. The number of benzene rings is 2. The SMILES string of the molecule is NC(=O)C(NC(=O)Cc1ccc(-c2ccccc2)cc1)C(N)=O. The highest BCUT2D eigenvalue weighted by Gasteiger charge is 2.23. The van der Waals surface area contributed by atoms with E-state index in [4.69, 9.17) is 11.5 Å². The van der Waals surface area contributed by atoms with Gasteiger partial charge in [0, 0.05) is 0 Å². The van der Waals surface area contributed by atoms with Crippen LogP contribution in [0.25, 0.3) is 11.1 Å². The number of hydrogen-bond donors (Lipinski definition) is 3. The number of carbonyl (C=O) groups is 3. The Balaban J connectivity index is 2.02. The predicted octanol–water partition coefficient (Wildman–Crippen LogP) is 0.351. The minimum absolute atomic E-state index is 0.0200. The number of primary amides is 2. The van der Waals surface area contributed by atoms with Gasteiger partial charge in [-0.1, -0.05) is 54.6 Å². The second-order valence-electron chi connectivity index (χ2n) is 5.04. The van der Waals surface area contributed by atoms with E-state index in [9.17, 15) is 14.4 Å². The van der Waals surface area contributed by atoms with Gasteiger partial charge >= 0.3 is 0 Å². The molecular weight excluding hydrogens is 294 g/mol. The van der Waals surface area contributed by atoms with Crippen LogP contribution in [-0.2, 0) is 20.8 Å². The summed E-state index contributed by atoms with van der Waals surface area (Å²) in [7, 11) is 0. The molecule has 0 saturated heterocycles. The Hall–Kier alpha value is -3.15. The molecule has 5 N–H and O–H groups in total. The van der Waals surface area contributed by atoms with Crippen molar-refractivity contribution in [1.29, 1.82) is 0 Å². The van der Waals surface area contributed by atoms with Crippen molar-refractivity contribution in [2.45, 2.75) is 12.5 Å². The molecule has 0 unspecified atom stereocenters. The third-order valence-electron chi connectivity index (χ3n) is 3.30. The zero-order chi connectivity index (χ0) is 16.8. The fourth-order valence-corrected chi connectivity index (χ4v) is 2.13. The van der Waals surface area contributed by atoms with E-state index < -0.39 is 23.8 Å². The summed E-state index contributed by atoms with van der Waals surface area (Å²) in [5.41, 5.74) is 12.9. The van der Waals surface area contributed by atoms with E-state index in [1.54, 1.807) is 0 Å². The zero-order valence-electron chi connectivity index (χ0n) is 12.4. The molecule has 0 aromatic heterocycles. The second-order valence-corrected chi connectivity index (χ2v) is 5.04. The molecule has 2 aromatic carbocycles. The number of nitrogens with two attached hydrogens (primary N) is 2. The summed E-state index contributed by atoms with van der Waals surface area (Å²) in [6.45, 7) is 0. The summed E-state index contributed by atoms with van der Waals surface area (Å²) in [5.74, 6) is -2.46. The van der Waals surface area contributed by atoms with Gasteiger partial charge in [-0.15, -0.1) is 0 Å². The van der Waals surface area contributed by atoms with Crippen molar-refractivity contribution >= 4 is 17.7 Å². The lowest BCUT2D eigenvalue weighted by molar-refractivity contribution is -0.133. The minimum atomic E-state index is -1.49. The van der Waals surface area contributed by atoms with Crippen molar-refractivity contribution in [1.82, 2.24) is 5.32 Å². The van der Waals surface area contributed by atoms with Crippen LogP contribution in [0.3, 0.4) is 0 Å². The van der Waals surface area contributed by atoms with Crippen LogP contribution in [0.2, 0.25) is 0 Å². The van der Waals surface area contributed by atoms with Crippen LogP contribution >= 0.6 is 0 Å². The molecule has 2 rings (SSSR count). The molecule has 0 heterocycles. The van der Waals surface area contributed by atoms with Crippen LogP contribution in [0.15, 0.2) is 54.6 Å². The van der Waals surface area contributed by atoms with Gasteiger partial charge in [0.2, 0.25) is 17.7 Å². The lowest BCUT2D eigenvalue weighted by atomic mass is 10.0. The summed E-state index contributed by atoms with van der Waals surface area (Å²) in [6.07, 6.45) is 0.0200. The van der Waals surface area contributed by atoms with E-state index in [0.717, 1.165) is 16.7 Å². The molecule has 6 heteroatoms. The predicted molar refractivity (Wildman–Crippen MR) is 85.9 cm³/mol. The van der Waals surface area contributed by atoms with Crippen LogP contribution in [-0.4, -0.2) is 23.8 Å². The fraction of sp³-hybridized carbons (Fsp3) is 0.118. The molecule has 0 saturated carbocycles. The third-order valence-corrected chi connectivity index (χ3v) is 3.30. The summed E-state index contributed by atoms with van der Waals surface area (Å²) in [4.78, 5) is 33.9. The average Bonchev–Trinajstić information content (AvgIpc) is 2.53. The summed E-state index contributed by atoms with van der Waals surface area (Å²) in [5, 5.41) is 2.22. The van der Waals surface area contributed by atoms with E-state index in [1.165, 1.54) is 0 Å². The van der Waals surface area contributed by atoms with Crippen molar-refractivity contribution in [2.24, 2.45) is 11.5 Å². The first-order chi connectivity index (χ1) is 11.0. The molecule has 3 amide bonds. The first-order valence-electron chi connectivity index (χ1n) is 6.99. The Bertz CT molecular complexity index is 698. The van der Waals surface area contributed by atoms with Gasteiger partial charge < -0.3 is 16.8 Å². The Morgan fingerprint density at radius 2 is 1.35 bits per heavy atom. The molecule has 0 fully saturated rings. The summed E-state index contributed by atoms with van der Waals surface area (Å²) >= 11 is 0. The lowest BCUT2D eigenvalue weighted by Crippen LogP contribution is -2.52. The average molecular weight is 311 g/mol. The monoisotopic (exact) mass is 311 g/mol. The van der Waals surface area contributed by atoms with Gasteiger partial charge in [0.25, 0.3) is 0 Å². The van der Waals surface area contributed by atoms with Crippen molar-refractivity contribution in [3.8, 4) is 11.1 Å². The molecule has 118 valence electrons. The molecule has 2 aromatic rings. The molecular formula is C17H17N3O3. The molecule has 0 aliphatic heterocycles. The summed E-state index contributed by atoms with van der Waals surface area (Å²) < 4.78 is 0. The Morgan fingerprint density at radius 1 is 0.826 bits per heavy atom. The Kier molecular flexibility index (Phi) is 5.09. The molecule has 0 radical (unpaired) electrons. The maximum absolute atomic E-state index is 11.9. The van der Waals surface area contributed by atoms with Crippen LogP contribution < -0.4 is 16.8 Å². The zero-order valence-corrected chi connectivity index (χ0v) is 12.4. The first-order valence-corrected chi connectivity index (χ1v) is 6.99. The first kappa shape index (κ1) is 16.2. The number of rotatable bonds is 6. The van der Waals surface area contributed by atoms with Gasteiger partial charge in [-0.25, -0.2) is 0 Å². The smallest absolute Gasteiger partial charge is 0.249 e. The number of carbonyl (C=O) groups excluding carboxylic acids is 3. The highest BCUT2D eigenvalue weighted by atomic mass is 16.2. The molecule has 23 heavy (non-hydrogen) atoms. The van der Waals surface area contributed by atoms with E-state index in [1.807, 2.05) is 54.6 Å². The molecule has 6 nitrogen and oxygen atoms in total. The van der Waals surface area contributed by atoms with E-state index >= 15 is 0 Å². The van der Waals surface area contributed by atoms with Gasteiger partial charge in [-0.2, -0.15) is 0 Å². The van der Waals surface area contributed by atoms with Gasteiger partial charge in [-0.3, -0.25) is 14.4 Å². The topological polar surface area (TPSA) is 115 Å². The van der Waals surface area contributed by atoms with Crippen LogP contribution in [0.5, 0.6) is 0 Å². The van der Waals surface area contributed by atoms with Crippen molar-refractivity contribution in [3.05, 3.63) is 60.2 Å². The fourth-order valence-electron chi connectivity index (χ4n) is 2.13. The van der Waals surface area contributed by atoms with Crippen molar-refractivity contribution in [2.75, 3.05) is 0 Å². The van der Waals surface area contributed by atoms with Gasteiger partial charge in [0.15, 0.2) is 6.04 Å². The minimum Gasteiger partial charge on any atom is -0.367 e. The third kappa shape index (κ3) is 4.41. The van der Waals surface area contributed by atoms with Crippen molar-refractivity contribution in [3.63, 3.8) is 0 Å². The Labute approximate surface area is 133 Å². The van der Waals surface area contributed by atoms with E-state index in [0.29, 0.717) is 0 Å². The highest BCUT2D eigenvalue weighted by molar-refractivity contribution is 6.05. The largest absolute Gasteiger partial charge is 0.367 e. The van der Waals surface area contributed by atoms with Crippen molar-refractivity contribution < 1.29 is 14.4 Å². The maximum Gasteiger partial charge on any atom is 0.249 e. The van der Waals surface area contributed by atoms with E-state index in [2.05, 4.69) is 5.32 Å².